The van der Waals surface area contributed by atoms with Crippen LogP contribution in [0.15, 0.2) is 112 Å². The van der Waals surface area contributed by atoms with Crippen LogP contribution in [0.4, 0.5) is 0 Å². The van der Waals surface area contributed by atoms with Crippen LogP contribution in [-0.2, 0) is 22.7 Å². The Kier molecular flexibility index (Phi) is 7.08. The first-order valence-corrected chi connectivity index (χ1v) is 16.5. The highest BCUT2D eigenvalue weighted by Gasteiger charge is 2.49. The van der Waals surface area contributed by atoms with E-state index < -0.39 is 0 Å². The van der Waals surface area contributed by atoms with Crippen LogP contribution >= 0.6 is 15.9 Å². The number of fused-ring (bicyclic) bond motifs is 1. The third kappa shape index (κ3) is 5.19. The van der Waals surface area contributed by atoms with Crippen LogP contribution in [0.25, 0.3) is 10.9 Å². The second-order valence-electron chi connectivity index (χ2n) is 14.5. The van der Waals surface area contributed by atoms with E-state index in [1.165, 1.54) is 11.1 Å². The normalized spacial score (nSPS) is 19.9. The van der Waals surface area contributed by atoms with Gasteiger partial charge in [-0.25, -0.2) is 0 Å². The second kappa shape index (κ2) is 10.7. The third-order valence-corrected chi connectivity index (χ3v) is 10.1. The van der Waals surface area contributed by atoms with Gasteiger partial charge in [-0.15, -0.1) is 0 Å². The van der Waals surface area contributed by atoms with Crippen molar-refractivity contribution in [3.05, 3.63) is 129 Å². The molecule has 2 heterocycles. The van der Waals surface area contributed by atoms with Crippen molar-refractivity contribution in [3.8, 4) is 0 Å². The Bertz CT molecular complexity index is 1800. The molecule has 0 amide bonds. The van der Waals surface area contributed by atoms with Crippen molar-refractivity contribution < 1.29 is 9.59 Å². The third-order valence-electron chi connectivity index (χ3n) is 9.60. The molecule has 0 fully saturated rings. The minimum Gasteiger partial charge on any atom is -0.343 e. The number of allylic oxidation sites excluding steroid dienone is 4. The van der Waals surface area contributed by atoms with Gasteiger partial charge in [0.05, 0.1) is 0 Å². The first kappa shape index (κ1) is 29.0. The highest BCUT2D eigenvalue weighted by Crippen LogP contribution is 2.55. The molecule has 0 spiro atoms. The molecule has 0 saturated carbocycles. The average Bonchev–Trinajstić information content (AvgIpc) is 3.32. The van der Waals surface area contributed by atoms with Crippen LogP contribution in [0.1, 0.15) is 76.0 Å². The smallest absolute Gasteiger partial charge is 0.162 e. The van der Waals surface area contributed by atoms with Gasteiger partial charge in [0.25, 0.3) is 0 Å². The zero-order chi connectivity index (χ0) is 30.8. The number of nitrogens with zero attached hydrogens (tertiary/aromatic N) is 2. The lowest BCUT2D eigenvalue weighted by atomic mass is 9.63. The molecule has 44 heavy (non-hydrogen) atoms. The van der Waals surface area contributed by atoms with Crippen LogP contribution in [0.5, 0.6) is 0 Å². The summed E-state index contributed by atoms with van der Waals surface area (Å²) >= 11 is 3.56. The molecule has 2 aliphatic carbocycles. The number of rotatable bonds is 5. The van der Waals surface area contributed by atoms with E-state index in [-0.39, 0.29) is 28.3 Å². The monoisotopic (exact) mass is 646 g/mol. The van der Waals surface area contributed by atoms with Crippen molar-refractivity contribution in [3.63, 3.8) is 0 Å². The summed E-state index contributed by atoms with van der Waals surface area (Å²) in [6.45, 7) is 10.2. The van der Waals surface area contributed by atoms with E-state index in [9.17, 15) is 9.59 Å². The summed E-state index contributed by atoms with van der Waals surface area (Å²) in [6, 6.07) is 27.4. The van der Waals surface area contributed by atoms with Gasteiger partial charge in [-0.1, -0.05) is 104 Å². The maximum atomic E-state index is 14.4. The van der Waals surface area contributed by atoms with Crippen LogP contribution in [-0.4, -0.2) is 21.0 Å². The number of ketones is 2. The van der Waals surface area contributed by atoms with Gasteiger partial charge in [-0.2, -0.15) is 0 Å². The number of halogens is 1. The Morgan fingerprint density at radius 1 is 0.682 bits per heavy atom. The number of para-hydroxylation sites is 1. The number of Topliss-reactive ketones (excluding diaryl/α,β-unsaturated/α-hetero) is 2. The van der Waals surface area contributed by atoms with Gasteiger partial charge < -0.3 is 9.47 Å². The van der Waals surface area contributed by atoms with Gasteiger partial charge in [0, 0.05) is 76.0 Å². The fourth-order valence-electron chi connectivity index (χ4n) is 7.74. The van der Waals surface area contributed by atoms with Crippen molar-refractivity contribution in [1.29, 1.82) is 0 Å². The van der Waals surface area contributed by atoms with Gasteiger partial charge in [0.2, 0.25) is 0 Å². The van der Waals surface area contributed by atoms with Gasteiger partial charge in [0.15, 0.2) is 11.6 Å². The molecule has 0 saturated heterocycles. The van der Waals surface area contributed by atoms with E-state index in [1.807, 2.05) is 6.07 Å². The quantitative estimate of drug-likeness (QED) is 0.217. The molecular weight excluding hydrogens is 608 g/mol. The first-order valence-electron chi connectivity index (χ1n) is 15.7. The average molecular weight is 648 g/mol. The summed E-state index contributed by atoms with van der Waals surface area (Å²) < 4.78 is 3.34. The number of hydrogen-bond donors (Lipinski definition) is 0. The van der Waals surface area contributed by atoms with E-state index in [0.29, 0.717) is 25.9 Å². The molecule has 0 N–H and O–H groups in total. The van der Waals surface area contributed by atoms with Crippen LogP contribution in [0.2, 0.25) is 0 Å². The lowest BCUT2D eigenvalue weighted by Crippen LogP contribution is -2.44. The Hall–Kier alpha value is -3.70. The second-order valence-corrected chi connectivity index (χ2v) is 15.4. The Balaban J connectivity index is 1.46. The molecule has 0 radical (unpaired) electrons. The van der Waals surface area contributed by atoms with Crippen molar-refractivity contribution in [2.45, 2.75) is 72.4 Å². The summed E-state index contributed by atoms with van der Waals surface area (Å²) in [7, 11) is 0. The van der Waals surface area contributed by atoms with Crippen LogP contribution < -0.4 is 0 Å². The lowest BCUT2D eigenvalue weighted by molar-refractivity contribution is -0.119. The highest BCUT2D eigenvalue weighted by molar-refractivity contribution is 9.10. The Morgan fingerprint density at radius 2 is 1.23 bits per heavy atom. The fourth-order valence-corrected chi connectivity index (χ4v) is 8.00. The van der Waals surface area contributed by atoms with Gasteiger partial charge in [-0.05, 0) is 58.6 Å². The van der Waals surface area contributed by atoms with Crippen molar-refractivity contribution in [1.82, 2.24) is 9.47 Å². The van der Waals surface area contributed by atoms with E-state index >= 15 is 0 Å². The Morgan fingerprint density at radius 3 is 1.84 bits per heavy atom. The van der Waals surface area contributed by atoms with Gasteiger partial charge in [0.1, 0.15) is 0 Å². The zero-order valence-corrected chi connectivity index (χ0v) is 27.6. The molecule has 1 aromatic heterocycles. The predicted octanol–water partition coefficient (Wildman–Crippen LogP) is 9.34. The number of benzene rings is 3. The molecule has 7 rings (SSSR count). The van der Waals surface area contributed by atoms with Crippen molar-refractivity contribution in [2.24, 2.45) is 10.8 Å². The molecular formula is C39H39BrN2O2. The maximum absolute atomic E-state index is 14.4. The summed E-state index contributed by atoms with van der Waals surface area (Å²) in [5, 5.41) is 1.11. The minimum absolute atomic E-state index is 0.156. The van der Waals surface area contributed by atoms with Gasteiger partial charge >= 0.3 is 0 Å². The summed E-state index contributed by atoms with van der Waals surface area (Å²) in [4.78, 5) is 31.1. The topological polar surface area (TPSA) is 42.3 Å². The summed E-state index contributed by atoms with van der Waals surface area (Å²) in [5.74, 6) is -0.0169. The molecule has 4 nitrogen and oxygen atoms in total. The molecule has 5 heteroatoms. The van der Waals surface area contributed by atoms with E-state index in [0.717, 1.165) is 56.3 Å². The van der Waals surface area contributed by atoms with Crippen molar-refractivity contribution >= 4 is 38.4 Å². The minimum atomic E-state index is -0.365. The fraction of sp³-hybridized carbons (Fsp3) is 0.333. The standard InChI is InChI=1S/C39H39BrN2O2/c1-38(2)18-31-36(33(43)20-38)35(29-24-41(30-13-9-8-12-28(29)30)22-26-14-16-27(40)17-15-26)37-32(19-39(3,4)21-34(37)44)42(31)23-25-10-6-5-7-11-25/h5-17,24,35H,18-23H2,1-4H3. The van der Waals surface area contributed by atoms with Gasteiger partial charge in [-0.3, -0.25) is 9.59 Å². The maximum Gasteiger partial charge on any atom is 0.162 e. The van der Waals surface area contributed by atoms with Crippen LogP contribution in [0.3, 0.4) is 0 Å². The molecule has 1 aliphatic heterocycles. The number of carbonyl (C=O) groups is 2. The Labute approximate surface area is 268 Å². The molecule has 3 aliphatic rings. The molecule has 4 aromatic rings. The lowest BCUT2D eigenvalue weighted by Gasteiger charge is -2.49. The molecule has 0 unspecified atom stereocenters. The zero-order valence-electron chi connectivity index (χ0n) is 26.0. The van der Waals surface area contributed by atoms with Crippen molar-refractivity contribution in [2.75, 3.05) is 0 Å². The van der Waals surface area contributed by atoms with E-state index in [4.69, 9.17) is 0 Å². The largest absolute Gasteiger partial charge is 0.343 e. The number of hydrogen-bond acceptors (Lipinski definition) is 3. The number of carbonyl (C=O) groups excluding carboxylic acids is 2. The van der Waals surface area contributed by atoms with E-state index in [2.05, 4.69) is 132 Å². The highest BCUT2D eigenvalue weighted by atomic mass is 79.9. The first-order chi connectivity index (χ1) is 21.0. The number of aromatic nitrogens is 1. The SMILES string of the molecule is CC1(C)CC(=O)C2=C(C1)N(Cc1ccccc1)C1=C(C(=O)CC(C)(C)C1)C2c1cn(Cc2ccc(Br)cc2)c2ccccc12. The predicted molar refractivity (Wildman–Crippen MR) is 180 cm³/mol. The summed E-state index contributed by atoms with van der Waals surface area (Å²) in [5.41, 5.74) is 8.13. The molecule has 224 valence electrons. The molecule has 0 atom stereocenters. The molecule has 0 bridgehead atoms. The van der Waals surface area contributed by atoms with Crippen LogP contribution in [0, 0.1) is 10.8 Å². The summed E-state index contributed by atoms with van der Waals surface area (Å²) in [6.07, 6.45) is 4.81. The van der Waals surface area contributed by atoms with E-state index in [1.54, 1.807) is 0 Å². The molecule has 3 aromatic carbocycles.